The van der Waals surface area contributed by atoms with Gasteiger partial charge in [0.15, 0.2) is 11.5 Å². The Morgan fingerprint density at radius 2 is 2.00 bits per heavy atom. The van der Waals surface area contributed by atoms with Gasteiger partial charge in [0.1, 0.15) is 0 Å². The van der Waals surface area contributed by atoms with E-state index in [1.807, 2.05) is 12.4 Å². The van der Waals surface area contributed by atoms with Crippen LogP contribution in [0.4, 0.5) is 0 Å². The topological polar surface area (TPSA) is 73.9 Å². The molecule has 0 aliphatic rings. The Kier molecular flexibility index (Phi) is 4.98. The summed E-state index contributed by atoms with van der Waals surface area (Å²) in [7, 11) is 1.51. The van der Waals surface area contributed by atoms with Crippen molar-refractivity contribution in [2.45, 2.75) is 13.8 Å². The van der Waals surface area contributed by atoms with Crippen LogP contribution >= 0.6 is 0 Å². The maximum absolute atomic E-state index is 11.6. The van der Waals surface area contributed by atoms with E-state index in [-0.39, 0.29) is 0 Å². The molecule has 1 N–H and O–H groups in total. The lowest BCUT2D eigenvalue weighted by Crippen LogP contribution is -2.25. The second-order valence-electron chi connectivity index (χ2n) is 3.32. The third-order valence-corrected chi connectivity index (χ3v) is 2.01. The lowest BCUT2D eigenvalue weighted by Gasteiger charge is -2.10. The van der Waals surface area contributed by atoms with Crippen LogP contribution in [0.3, 0.4) is 0 Å². The summed E-state index contributed by atoms with van der Waals surface area (Å²) in [5, 5.41) is 0. The molecule has 98 valence electrons. The van der Waals surface area contributed by atoms with Crippen LogP contribution in [-0.2, 0) is 9.63 Å². The van der Waals surface area contributed by atoms with Crippen LogP contribution in [0.2, 0.25) is 0 Å². The van der Waals surface area contributed by atoms with E-state index in [1.165, 1.54) is 20.1 Å². The highest BCUT2D eigenvalue weighted by Gasteiger charge is 2.11. The summed E-state index contributed by atoms with van der Waals surface area (Å²) >= 11 is 0. The van der Waals surface area contributed by atoms with Crippen molar-refractivity contribution < 1.29 is 23.9 Å². The highest BCUT2D eigenvalue weighted by atomic mass is 16.7. The quantitative estimate of drug-likeness (QED) is 0.819. The second kappa shape index (κ2) is 6.48. The minimum Gasteiger partial charge on any atom is -0.493 e. The van der Waals surface area contributed by atoms with E-state index in [9.17, 15) is 9.59 Å². The Hall–Kier alpha value is -2.24. The van der Waals surface area contributed by atoms with Crippen molar-refractivity contribution in [3.8, 4) is 11.5 Å². The van der Waals surface area contributed by atoms with Gasteiger partial charge in [-0.1, -0.05) is 0 Å². The molecule has 1 aromatic rings. The summed E-state index contributed by atoms with van der Waals surface area (Å²) in [5.41, 5.74) is 2.33. The zero-order valence-corrected chi connectivity index (χ0v) is 10.5. The highest BCUT2D eigenvalue weighted by Crippen LogP contribution is 2.27. The molecular weight excluding hydrogens is 238 g/mol. The Balaban J connectivity index is 2.86. The number of carbonyl (C=O) groups is 2. The van der Waals surface area contributed by atoms with Crippen molar-refractivity contribution >= 4 is 11.9 Å². The van der Waals surface area contributed by atoms with Crippen LogP contribution < -0.4 is 15.0 Å². The van der Waals surface area contributed by atoms with Gasteiger partial charge in [0.25, 0.3) is 5.91 Å². The molecule has 6 heteroatoms. The molecule has 0 heterocycles. The maximum atomic E-state index is 11.6. The molecule has 0 fully saturated rings. The zero-order chi connectivity index (χ0) is 13.5. The van der Waals surface area contributed by atoms with Crippen molar-refractivity contribution in [1.82, 2.24) is 5.48 Å². The first-order chi connectivity index (χ1) is 8.58. The van der Waals surface area contributed by atoms with Crippen LogP contribution in [0, 0.1) is 0 Å². The molecular formula is C12H15NO5. The van der Waals surface area contributed by atoms with E-state index in [0.717, 1.165) is 0 Å². The molecule has 0 unspecified atom stereocenters. The first-order valence-electron chi connectivity index (χ1n) is 5.37. The summed E-state index contributed by atoms with van der Waals surface area (Å²) in [6, 6.07) is 4.66. The number of hydrogen-bond donors (Lipinski definition) is 1. The van der Waals surface area contributed by atoms with Gasteiger partial charge in [-0.3, -0.25) is 9.59 Å². The molecule has 0 bridgehead atoms. The summed E-state index contributed by atoms with van der Waals surface area (Å²) in [6.45, 7) is 3.47. The normalized spacial score (nSPS) is 9.50. The number of methoxy groups -OCH3 is 1. The standard InChI is InChI=1S/C12H15NO5/c1-4-17-11-7-9(5-6-10(11)16-3)12(15)13-18-8(2)14/h5-7H,4H2,1-3H3,(H,13,15). The van der Waals surface area contributed by atoms with Crippen LogP contribution in [0.5, 0.6) is 11.5 Å². The predicted molar refractivity (Wildman–Crippen MR) is 63.4 cm³/mol. The van der Waals surface area contributed by atoms with Gasteiger partial charge in [0, 0.05) is 12.5 Å². The summed E-state index contributed by atoms with van der Waals surface area (Å²) in [6.07, 6.45) is 0. The molecule has 0 radical (unpaired) electrons. The van der Waals surface area contributed by atoms with Crippen molar-refractivity contribution in [3.05, 3.63) is 23.8 Å². The number of rotatable bonds is 4. The van der Waals surface area contributed by atoms with Crippen molar-refractivity contribution in [2.75, 3.05) is 13.7 Å². The number of amides is 1. The average Bonchev–Trinajstić information content (AvgIpc) is 2.36. The molecule has 0 aliphatic heterocycles. The Morgan fingerprint density at radius 1 is 1.28 bits per heavy atom. The molecule has 0 aromatic heterocycles. The minimum atomic E-state index is -0.595. The third kappa shape index (κ3) is 3.65. The van der Waals surface area contributed by atoms with Gasteiger partial charge >= 0.3 is 5.97 Å². The van der Waals surface area contributed by atoms with E-state index in [1.54, 1.807) is 12.1 Å². The average molecular weight is 253 g/mol. The van der Waals surface area contributed by atoms with Crippen molar-refractivity contribution in [1.29, 1.82) is 0 Å². The molecule has 18 heavy (non-hydrogen) atoms. The molecule has 6 nitrogen and oxygen atoms in total. The molecule has 0 atom stereocenters. The van der Waals surface area contributed by atoms with E-state index >= 15 is 0 Å². The fourth-order valence-electron chi connectivity index (χ4n) is 1.26. The largest absolute Gasteiger partial charge is 0.493 e. The number of benzene rings is 1. The van der Waals surface area contributed by atoms with Crippen LogP contribution in [0.15, 0.2) is 18.2 Å². The van der Waals surface area contributed by atoms with Gasteiger partial charge in [-0.25, -0.2) is 0 Å². The minimum absolute atomic E-state index is 0.306. The van der Waals surface area contributed by atoms with Gasteiger partial charge in [0.2, 0.25) is 0 Å². The molecule has 0 spiro atoms. The fraction of sp³-hybridized carbons (Fsp3) is 0.333. The van der Waals surface area contributed by atoms with Gasteiger partial charge < -0.3 is 14.3 Å². The summed E-state index contributed by atoms with van der Waals surface area (Å²) < 4.78 is 10.4. The number of hydroxylamine groups is 1. The number of ether oxygens (including phenoxy) is 2. The number of hydrogen-bond acceptors (Lipinski definition) is 5. The van der Waals surface area contributed by atoms with Gasteiger partial charge in [-0.2, -0.15) is 5.48 Å². The number of carbonyl (C=O) groups excluding carboxylic acids is 2. The second-order valence-corrected chi connectivity index (χ2v) is 3.32. The maximum Gasteiger partial charge on any atom is 0.329 e. The molecule has 0 saturated carbocycles. The fourth-order valence-corrected chi connectivity index (χ4v) is 1.26. The van der Waals surface area contributed by atoms with E-state index in [2.05, 4.69) is 4.84 Å². The summed E-state index contributed by atoms with van der Waals surface area (Å²) in [4.78, 5) is 26.6. The number of nitrogens with one attached hydrogen (secondary N) is 1. The molecule has 1 rings (SSSR count). The molecule has 1 amide bonds. The summed E-state index contributed by atoms with van der Waals surface area (Å²) in [5.74, 6) is -0.146. The lowest BCUT2D eigenvalue weighted by atomic mass is 10.2. The van der Waals surface area contributed by atoms with E-state index in [0.29, 0.717) is 23.7 Å². The van der Waals surface area contributed by atoms with Gasteiger partial charge in [-0.15, -0.1) is 0 Å². The van der Waals surface area contributed by atoms with Crippen LogP contribution in [0.1, 0.15) is 24.2 Å². The van der Waals surface area contributed by atoms with Crippen LogP contribution in [-0.4, -0.2) is 25.6 Å². The molecule has 1 aromatic carbocycles. The van der Waals surface area contributed by atoms with E-state index in [4.69, 9.17) is 9.47 Å². The lowest BCUT2D eigenvalue weighted by molar-refractivity contribution is -0.146. The van der Waals surface area contributed by atoms with Crippen LogP contribution in [0.25, 0.3) is 0 Å². The first-order valence-corrected chi connectivity index (χ1v) is 5.37. The first kappa shape index (κ1) is 13.8. The Labute approximate surface area is 105 Å². The van der Waals surface area contributed by atoms with Gasteiger partial charge in [-0.05, 0) is 25.1 Å². The molecule has 0 aliphatic carbocycles. The monoisotopic (exact) mass is 253 g/mol. The van der Waals surface area contributed by atoms with E-state index < -0.39 is 11.9 Å². The smallest absolute Gasteiger partial charge is 0.329 e. The highest BCUT2D eigenvalue weighted by molar-refractivity contribution is 5.94. The Morgan fingerprint density at radius 3 is 2.56 bits per heavy atom. The zero-order valence-electron chi connectivity index (χ0n) is 10.5. The SMILES string of the molecule is CCOc1cc(C(=O)NOC(C)=O)ccc1OC. The predicted octanol–water partition coefficient (Wildman–Crippen LogP) is 1.30. The van der Waals surface area contributed by atoms with Crippen molar-refractivity contribution in [3.63, 3.8) is 0 Å². The Bertz CT molecular complexity index is 444. The third-order valence-electron chi connectivity index (χ3n) is 2.01. The van der Waals surface area contributed by atoms with Gasteiger partial charge in [0.05, 0.1) is 13.7 Å². The van der Waals surface area contributed by atoms with Crippen molar-refractivity contribution in [2.24, 2.45) is 0 Å². The molecule has 0 saturated heterocycles.